The van der Waals surface area contributed by atoms with E-state index in [4.69, 9.17) is 0 Å². The van der Waals surface area contributed by atoms with Crippen LogP contribution in [0.4, 0.5) is 0 Å². The van der Waals surface area contributed by atoms with Gasteiger partial charge in [0.1, 0.15) is 0 Å². The minimum absolute atomic E-state index is 0.0224. The maximum absolute atomic E-state index is 10.8. The maximum Gasteiger partial charge on any atom is 0.533 e. The van der Waals surface area contributed by atoms with Crippen LogP contribution >= 0.6 is 0 Å². The molecule has 54 valence electrons. The van der Waals surface area contributed by atoms with Crippen LogP contribution in [0.2, 0.25) is 0 Å². The van der Waals surface area contributed by atoms with Crippen LogP contribution in [0.15, 0.2) is 0 Å². The van der Waals surface area contributed by atoms with E-state index in [-0.39, 0.29) is 11.9 Å². The van der Waals surface area contributed by atoms with Crippen LogP contribution in [-0.2, 0) is 9.59 Å². The minimum Gasteiger partial charge on any atom is -0.290 e. The molecule has 1 fully saturated rings. The van der Waals surface area contributed by atoms with E-state index in [0.29, 0.717) is 0 Å². The predicted molar refractivity (Wildman–Crippen MR) is 36.1 cm³/mol. The number of carbonyl (C=O) groups excluding carboxylic acids is 2. The smallest absolute Gasteiger partial charge is 0.290 e. The summed E-state index contributed by atoms with van der Waals surface area (Å²) in [5.41, 5.74) is 0. The SMILES string of the molecule is CC(=O)N1CCC[C@H]1[C+]=O. The van der Waals surface area contributed by atoms with Gasteiger partial charge in [0.15, 0.2) is 0 Å². The highest BCUT2D eigenvalue weighted by molar-refractivity contribution is 5.78. The molecule has 0 aromatic heterocycles. The summed E-state index contributed by atoms with van der Waals surface area (Å²) in [6, 6.07) is -0.266. The van der Waals surface area contributed by atoms with Crippen molar-refractivity contribution in [1.29, 1.82) is 0 Å². The van der Waals surface area contributed by atoms with Crippen LogP contribution in [0, 0.1) is 0 Å². The molecule has 3 heteroatoms. The van der Waals surface area contributed by atoms with Crippen molar-refractivity contribution in [2.24, 2.45) is 0 Å². The maximum atomic E-state index is 10.8. The van der Waals surface area contributed by atoms with Gasteiger partial charge in [0.05, 0.1) is 0 Å². The van der Waals surface area contributed by atoms with Crippen LogP contribution in [0.25, 0.3) is 0 Å². The molecular weight excluding hydrogens is 130 g/mol. The zero-order valence-corrected chi connectivity index (χ0v) is 5.96. The molecule has 1 atom stereocenters. The molecule has 10 heavy (non-hydrogen) atoms. The average Bonchev–Trinajstić information content (AvgIpc) is 2.33. The van der Waals surface area contributed by atoms with Crippen LogP contribution in [0.3, 0.4) is 0 Å². The fraction of sp³-hybridized carbons (Fsp3) is 0.714. The minimum atomic E-state index is -0.266. The Morgan fingerprint density at radius 1 is 1.70 bits per heavy atom. The Balaban J connectivity index is 2.58. The zero-order chi connectivity index (χ0) is 7.56. The molecule has 0 unspecified atom stereocenters. The van der Waals surface area contributed by atoms with E-state index >= 15 is 0 Å². The first kappa shape index (κ1) is 7.16. The summed E-state index contributed by atoms with van der Waals surface area (Å²) in [6.07, 6.45) is 3.56. The molecule has 1 heterocycles. The molecule has 0 saturated carbocycles. The van der Waals surface area contributed by atoms with Crippen LogP contribution in [-0.4, -0.2) is 29.7 Å². The van der Waals surface area contributed by atoms with Gasteiger partial charge in [-0.15, -0.1) is 0 Å². The Labute approximate surface area is 60.0 Å². The van der Waals surface area contributed by atoms with Crippen molar-refractivity contribution >= 4 is 12.2 Å². The van der Waals surface area contributed by atoms with Gasteiger partial charge in [-0.1, -0.05) is 0 Å². The van der Waals surface area contributed by atoms with Crippen LogP contribution < -0.4 is 0 Å². The van der Waals surface area contributed by atoms with Gasteiger partial charge in [0.2, 0.25) is 5.91 Å². The topological polar surface area (TPSA) is 37.4 Å². The fourth-order valence-corrected chi connectivity index (χ4v) is 1.27. The second-order valence-electron chi connectivity index (χ2n) is 2.49. The third-order valence-electron chi connectivity index (χ3n) is 1.79. The van der Waals surface area contributed by atoms with Crippen molar-refractivity contribution in [3.05, 3.63) is 0 Å². The molecule has 3 nitrogen and oxygen atoms in total. The molecule has 0 N–H and O–H groups in total. The molecule has 1 rings (SSSR count). The molecule has 0 spiro atoms. The number of rotatable bonds is 1. The van der Waals surface area contributed by atoms with E-state index in [1.807, 2.05) is 6.29 Å². The van der Waals surface area contributed by atoms with Crippen molar-refractivity contribution in [3.63, 3.8) is 0 Å². The number of likely N-dealkylation sites (tertiary alicyclic amines) is 1. The molecule has 0 radical (unpaired) electrons. The lowest BCUT2D eigenvalue weighted by atomic mass is 10.2. The van der Waals surface area contributed by atoms with E-state index in [0.717, 1.165) is 19.4 Å². The van der Waals surface area contributed by atoms with Crippen molar-refractivity contribution < 1.29 is 9.59 Å². The highest BCUT2D eigenvalue weighted by Crippen LogP contribution is 2.14. The summed E-state index contributed by atoms with van der Waals surface area (Å²) < 4.78 is 0. The van der Waals surface area contributed by atoms with Gasteiger partial charge in [0.25, 0.3) is 0 Å². The van der Waals surface area contributed by atoms with E-state index in [1.54, 1.807) is 4.90 Å². The van der Waals surface area contributed by atoms with Gasteiger partial charge in [-0.05, 0) is 6.42 Å². The Morgan fingerprint density at radius 2 is 2.40 bits per heavy atom. The molecule has 0 bridgehead atoms. The van der Waals surface area contributed by atoms with E-state index in [1.165, 1.54) is 6.92 Å². The first-order valence-electron chi connectivity index (χ1n) is 3.40. The van der Waals surface area contributed by atoms with Crippen LogP contribution in [0.1, 0.15) is 19.8 Å². The number of nitrogens with zero attached hydrogens (tertiary/aromatic N) is 1. The summed E-state index contributed by atoms with van der Waals surface area (Å²) in [5.74, 6) is -0.0224. The van der Waals surface area contributed by atoms with Crippen molar-refractivity contribution in [2.45, 2.75) is 25.8 Å². The summed E-state index contributed by atoms with van der Waals surface area (Å²) >= 11 is 0. The quantitative estimate of drug-likeness (QED) is 0.485. The zero-order valence-electron chi connectivity index (χ0n) is 5.96. The number of hydrogen-bond donors (Lipinski definition) is 0. The van der Waals surface area contributed by atoms with Gasteiger partial charge < -0.3 is 0 Å². The Morgan fingerprint density at radius 3 is 2.80 bits per heavy atom. The average molecular weight is 140 g/mol. The lowest BCUT2D eigenvalue weighted by Crippen LogP contribution is -2.34. The first-order chi connectivity index (χ1) is 4.75. The van der Waals surface area contributed by atoms with Gasteiger partial charge in [-0.2, -0.15) is 0 Å². The lowest BCUT2D eigenvalue weighted by Gasteiger charge is -2.09. The molecule has 0 aliphatic carbocycles. The molecule has 1 saturated heterocycles. The molecular formula is C7H10NO2+. The van der Waals surface area contributed by atoms with Gasteiger partial charge >= 0.3 is 12.3 Å². The van der Waals surface area contributed by atoms with Gasteiger partial charge in [0, 0.05) is 24.7 Å². The predicted octanol–water partition coefficient (Wildman–Crippen LogP) is 0.107. The van der Waals surface area contributed by atoms with E-state index in [2.05, 4.69) is 0 Å². The number of hydrogen-bond acceptors (Lipinski definition) is 2. The molecule has 1 aliphatic rings. The summed E-state index contributed by atoms with van der Waals surface area (Å²) in [6.45, 7) is 2.20. The first-order valence-corrected chi connectivity index (χ1v) is 3.40. The standard InChI is InChI=1S/C7H10NO2/c1-6(10)8-4-2-3-7(8)5-9/h7H,2-4H2,1H3/q+1/t7-/m0/s1. The summed E-state index contributed by atoms with van der Waals surface area (Å²) in [4.78, 5) is 22.5. The second kappa shape index (κ2) is 2.76. The second-order valence-corrected chi connectivity index (χ2v) is 2.49. The largest absolute Gasteiger partial charge is 0.533 e. The highest BCUT2D eigenvalue weighted by atomic mass is 16.2. The van der Waals surface area contributed by atoms with Gasteiger partial charge in [-0.25, -0.2) is 0 Å². The molecule has 0 aromatic carbocycles. The van der Waals surface area contributed by atoms with E-state index in [9.17, 15) is 9.59 Å². The number of carbonyl (C=O) groups is 1. The van der Waals surface area contributed by atoms with Gasteiger partial charge in [-0.3, -0.25) is 9.69 Å². The normalized spacial score (nSPS) is 24.5. The van der Waals surface area contributed by atoms with Crippen LogP contribution in [0.5, 0.6) is 0 Å². The molecule has 1 aliphatic heterocycles. The monoisotopic (exact) mass is 140 g/mol. The van der Waals surface area contributed by atoms with Crippen molar-refractivity contribution in [2.75, 3.05) is 6.54 Å². The summed E-state index contributed by atoms with van der Waals surface area (Å²) in [5, 5.41) is 0. The molecule has 1 amide bonds. The highest BCUT2D eigenvalue weighted by Gasteiger charge is 2.36. The Kier molecular flexibility index (Phi) is 1.97. The van der Waals surface area contributed by atoms with Crippen molar-refractivity contribution in [1.82, 2.24) is 4.90 Å². The third-order valence-corrected chi connectivity index (χ3v) is 1.79. The Bertz CT molecular complexity index is 156. The third kappa shape index (κ3) is 1.14. The number of amides is 1. The fourth-order valence-electron chi connectivity index (χ4n) is 1.27. The van der Waals surface area contributed by atoms with Crippen molar-refractivity contribution in [3.8, 4) is 0 Å². The summed E-state index contributed by atoms with van der Waals surface area (Å²) in [7, 11) is 0. The molecule has 0 aromatic rings. The Hall–Kier alpha value is -0.950. The van der Waals surface area contributed by atoms with E-state index < -0.39 is 0 Å². The lowest BCUT2D eigenvalue weighted by molar-refractivity contribution is -0.128.